The molecule has 2 heteroatoms. The molecule has 0 amide bonds. The number of nitrogens with one attached hydrogen (secondary N) is 1. The van der Waals surface area contributed by atoms with Gasteiger partial charge < -0.3 is 5.32 Å². The molecule has 1 heterocycles. The van der Waals surface area contributed by atoms with Crippen LogP contribution in [0.25, 0.3) is 10.8 Å². The van der Waals surface area contributed by atoms with Crippen LogP contribution in [0, 0.1) is 6.92 Å². The summed E-state index contributed by atoms with van der Waals surface area (Å²) in [5.41, 5.74) is 4.15. The van der Waals surface area contributed by atoms with Crippen LogP contribution in [0.2, 0.25) is 0 Å². The van der Waals surface area contributed by atoms with Gasteiger partial charge in [-0.3, -0.25) is 4.90 Å². The van der Waals surface area contributed by atoms with Crippen molar-refractivity contribution in [3.05, 3.63) is 83.4 Å². The van der Waals surface area contributed by atoms with Crippen molar-refractivity contribution in [3.8, 4) is 0 Å². The lowest BCUT2D eigenvalue weighted by Crippen LogP contribution is -2.33. The van der Waals surface area contributed by atoms with Crippen LogP contribution in [-0.4, -0.2) is 31.1 Å². The Hall–Kier alpha value is -2.16. The molecule has 4 rings (SSSR count). The number of benzene rings is 3. The van der Waals surface area contributed by atoms with E-state index in [1.54, 1.807) is 0 Å². The number of hydrogen-bond acceptors (Lipinski definition) is 2. The Morgan fingerprint density at radius 1 is 0.880 bits per heavy atom. The highest BCUT2D eigenvalue weighted by molar-refractivity contribution is 5.86. The molecule has 1 aliphatic heterocycles. The molecule has 25 heavy (non-hydrogen) atoms. The van der Waals surface area contributed by atoms with Crippen molar-refractivity contribution in [2.45, 2.75) is 19.4 Å². The Bertz CT molecular complexity index is 842. The Balaban J connectivity index is 1.87. The molecule has 2 nitrogen and oxygen atoms in total. The zero-order valence-corrected chi connectivity index (χ0v) is 14.9. The topological polar surface area (TPSA) is 15.3 Å². The standard InChI is InChI=1S/C23H26N2/c1-18-7-4-10-20(17-18)23(25-15-6-13-24-14-16-25)22-12-5-9-19-8-2-3-11-21(19)22/h2-5,7-12,17,23-24H,6,13-16H2,1H3. The Morgan fingerprint density at radius 2 is 1.72 bits per heavy atom. The first-order valence-corrected chi connectivity index (χ1v) is 9.32. The van der Waals surface area contributed by atoms with Crippen LogP contribution in [0.5, 0.6) is 0 Å². The fraction of sp³-hybridized carbons (Fsp3) is 0.304. The number of hydrogen-bond donors (Lipinski definition) is 1. The molecule has 0 aromatic heterocycles. The molecular weight excluding hydrogens is 304 g/mol. The van der Waals surface area contributed by atoms with Crippen LogP contribution in [0.15, 0.2) is 66.7 Å². The fourth-order valence-electron chi connectivity index (χ4n) is 4.04. The normalized spacial score (nSPS) is 17.3. The van der Waals surface area contributed by atoms with E-state index in [2.05, 4.69) is 83.9 Å². The van der Waals surface area contributed by atoms with Crippen molar-refractivity contribution in [1.82, 2.24) is 10.2 Å². The van der Waals surface area contributed by atoms with Gasteiger partial charge in [-0.25, -0.2) is 0 Å². The molecule has 1 unspecified atom stereocenters. The average molecular weight is 330 g/mol. The minimum atomic E-state index is 0.311. The van der Waals surface area contributed by atoms with E-state index in [9.17, 15) is 0 Å². The van der Waals surface area contributed by atoms with Gasteiger partial charge in [0.2, 0.25) is 0 Å². The monoisotopic (exact) mass is 330 g/mol. The molecule has 0 spiro atoms. The van der Waals surface area contributed by atoms with E-state index in [1.165, 1.54) is 33.9 Å². The molecular formula is C23H26N2. The molecule has 1 N–H and O–H groups in total. The Labute approximate surface area is 150 Å². The minimum absolute atomic E-state index is 0.311. The van der Waals surface area contributed by atoms with Gasteiger partial charge in [-0.15, -0.1) is 0 Å². The summed E-state index contributed by atoms with van der Waals surface area (Å²) in [4.78, 5) is 2.65. The molecule has 1 saturated heterocycles. The highest BCUT2D eigenvalue weighted by Crippen LogP contribution is 2.34. The molecule has 3 aromatic carbocycles. The summed E-state index contributed by atoms with van der Waals surface area (Å²) >= 11 is 0. The highest BCUT2D eigenvalue weighted by atomic mass is 15.2. The van der Waals surface area contributed by atoms with Gasteiger partial charge in [0.15, 0.2) is 0 Å². The maximum absolute atomic E-state index is 3.54. The lowest BCUT2D eigenvalue weighted by atomic mass is 9.91. The van der Waals surface area contributed by atoms with Gasteiger partial charge in [0, 0.05) is 19.6 Å². The summed E-state index contributed by atoms with van der Waals surface area (Å²) < 4.78 is 0. The maximum atomic E-state index is 3.54. The van der Waals surface area contributed by atoms with Gasteiger partial charge >= 0.3 is 0 Å². The van der Waals surface area contributed by atoms with Crippen molar-refractivity contribution in [3.63, 3.8) is 0 Å². The van der Waals surface area contributed by atoms with E-state index >= 15 is 0 Å². The first-order chi connectivity index (χ1) is 12.3. The number of aryl methyl sites for hydroxylation is 1. The second kappa shape index (κ2) is 7.38. The fourth-order valence-corrected chi connectivity index (χ4v) is 4.04. The third-order valence-corrected chi connectivity index (χ3v) is 5.22. The van der Waals surface area contributed by atoms with Crippen molar-refractivity contribution in [2.75, 3.05) is 26.2 Å². The predicted molar refractivity (Wildman–Crippen MR) is 106 cm³/mol. The zero-order valence-electron chi connectivity index (χ0n) is 14.9. The Morgan fingerprint density at radius 3 is 2.64 bits per heavy atom. The second-order valence-corrected chi connectivity index (χ2v) is 7.02. The van der Waals surface area contributed by atoms with Crippen molar-refractivity contribution < 1.29 is 0 Å². The maximum Gasteiger partial charge on any atom is 0.0608 e. The SMILES string of the molecule is Cc1cccc(C(c2cccc3ccccc23)N2CCCNCC2)c1. The number of rotatable bonds is 3. The molecule has 0 bridgehead atoms. The Kier molecular flexibility index (Phi) is 4.82. The molecule has 0 aliphatic carbocycles. The number of fused-ring (bicyclic) bond motifs is 1. The van der Waals surface area contributed by atoms with E-state index in [1.807, 2.05) is 0 Å². The van der Waals surface area contributed by atoms with Crippen LogP contribution >= 0.6 is 0 Å². The molecule has 1 fully saturated rings. The first kappa shape index (κ1) is 16.3. The number of nitrogens with zero attached hydrogens (tertiary/aromatic N) is 1. The van der Waals surface area contributed by atoms with Gasteiger partial charge in [0.05, 0.1) is 6.04 Å². The smallest absolute Gasteiger partial charge is 0.0608 e. The quantitative estimate of drug-likeness (QED) is 0.759. The molecule has 1 aliphatic rings. The van der Waals surface area contributed by atoms with Crippen LogP contribution in [0.1, 0.15) is 29.2 Å². The van der Waals surface area contributed by atoms with Crippen LogP contribution in [0.3, 0.4) is 0 Å². The van der Waals surface area contributed by atoms with E-state index in [-0.39, 0.29) is 0 Å². The highest BCUT2D eigenvalue weighted by Gasteiger charge is 2.24. The van der Waals surface area contributed by atoms with Gasteiger partial charge in [0.25, 0.3) is 0 Å². The van der Waals surface area contributed by atoms with Gasteiger partial charge in [-0.1, -0.05) is 72.3 Å². The largest absolute Gasteiger partial charge is 0.315 e. The van der Waals surface area contributed by atoms with Crippen LogP contribution < -0.4 is 5.32 Å². The van der Waals surface area contributed by atoms with Crippen LogP contribution in [0.4, 0.5) is 0 Å². The molecule has 3 aromatic rings. The van der Waals surface area contributed by atoms with Crippen molar-refractivity contribution in [2.24, 2.45) is 0 Å². The summed E-state index contributed by atoms with van der Waals surface area (Å²) in [7, 11) is 0. The lowest BCUT2D eigenvalue weighted by Gasteiger charge is -2.32. The van der Waals surface area contributed by atoms with Crippen LogP contribution in [-0.2, 0) is 0 Å². The second-order valence-electron chi connectivity index (χ2n) is 7.02. The first-order valence-electron chi connectivity index (χ1n) is 9.32. The van der Waals surface area contributed by atoms with Crippen molar-refractivity contribution >= 4 is 10.8 Å². The van der Waals surface area contributed by atoms with Crippen molar-refractivity contribution in [1.29, 1.82) is 0 Å². The average Bonchev–Trinajstić information content (AvgIpc) is 2.92. The van der Waals surface area contributed by atoms with E-state index in [0.717, 1.165) is 26.2 Å². The summed E-state index contributed by atoms with van der Waals surface area (Å²) in [6, 6.07) is 24.8. The van der Waals surface area contributed by atoms with Gasteiger partial charge in [0.1, 0.15) is 0 Å². The minimum Gasteiger partial charge on any atom is -0.315 e. The third kappa shape index (κ3) is 3.46. The third-order valence-electron chi connectivity index (χ3n) is 5.22. The summed E-state index contributed by atoms with van der Waals surface area (Å²) in [5.74, 6) is 0. The van der Waals surface area contributed by atoms with Gasteiger partial charge in [-0.2, -0.15) is 0 Å². The summed E-state index contributed by atoms with van der Waals surface area (Å²) in [6.07, 6.45) is 1.20. The summed E-state index contributed by atoms with van der Waals surface area (Å²) in [6.45, 7) is 6.59. The van der Waals surface area contributed by atoms with E-state index in [0.29, 0.717) is 6.04 Å². The molecule has 128 valence electrons. The van der Waals surface area contributed by atoms with E-state index < -0.39 is 0 Å². The molecule has 0 saturated carbocycles. The predicted octanol–water partition coefficient (Wildman–Crippen LogP) is 4.53. The van der Waals surface area contributed by atoms with Gasteiger partial charge in [-0.05, 0) is 41.8 Å². The molecule has 0 radical (unpaired) electrons. The zero-order chi connectivity index (χ0) is 17.1. The lowest BCUT2D eigenvalue weighted by molar-refractivity contribution is 0.242. The summed E-state index contributed by atoms with van der Waals surface area (Å²) in [5, 5.41) is 6.24. The van der Waals surface area contributed by atoms with E-state index in [4.69, 9.17) is 0 Å². The molecule has 1 atom stereocenters.